The molecule has 0 saturated heterocycles. The third kappa shape index (κ3) is 5.01. The first-order valence-corrected chi connectivity index (χ1v) is 5.79. The molecule has 0 unspecified atom stereocenters. The van der Waals surface area contributed by atoms with Crippen LogP contribution in [-0.4, -0.2) is 18.9 Å². The Hall–Kier alpha value is -0.660. The summed E-state index contributed by atoms with van der Waals surface area (Å²) in [6.45, 7) is 5.02. The smallest absolute Gasteiger partial charge is 1.00 e. The minimum Gasteiger partial charge on any atom is -1.00 e. The number of nitrogens with one attached hydrogen (secondary N) is 1. The normalized spacial score (nSPS) is 10.2. The number of amides is 1. The molecule has 0 fully saturated rings. The van der Waals surface area contributed by atoms with E-state index in [0.717, 1.165) is 0 Å². The Balaban J connectivity index is 0. The first-order chi connectivity index (χ1) is 7.30. The maximum absolute atomic E-state index is 11.2. The van der Waals surface area contributed by atoms with Crippen molar-refractivity contribution in [2.75, 3.05) is 5.32 Å². The first-order valence-electron chi connectivity index (χ1n) is 4.35. The summed E-state index contributed by atoms with van der Waals surface area (Å²) in [6, 6.07) is 5.15. The van der Waals surface area contributed by atoms with Gasteiger partial charge in [0.15, 0.2) is 0 Å². The summed E-state index contributed by atoms with van der Waals surface area (Å²) in [7, 11) is -4.19. The standard InChI is InChI=1S/C10H11NO4S.Na.H/c1-7(2)10(12)11-8-3-5-9(6-4-8)16(13,14)15;;/h3-6H,1H2,2H3,(H,11,12)(H,13,14,15);;/q;+1;-1. The molecule has 0 radical (unpaired) electrons. The van der Waals surface area contributed by atoms with Crippen molar-refractivity contribution in [2.24, 2.45) is 0 Å². The molecule has 0 bridgehead atoms. The number of carbonyl (C=O) groups is 1. The van der Waals surface area contributed by atoms with E-state index in [1.54, 1.807) is 6.92 Å². The van der Waals surface area contributed by atoms with Gasteiger partial charge < -0.3 is 6.74 Å². The third-order valence-electron chi connectivity index (χ3n) is 1.80. The van der Waals surface area contributed by atoms with Crippen LogP contribution in [0, 0.1) is 0 Å². The monoisotopic (exact) mass is 265 g/mol. The van der Waals surface area contributed by atoms with Gasteiger partial charge in [-0.05, 0) is 31.2 Å². The summed E-state index contributed by atoms with van der Waals surface area (Å²) >= 11 is 0. The van der Waals surface area contributed by atoms with E-state index in [9.17, 15) is 13.2 Å². The molecule has 1 aromatic carbocycles. The quantitative estimate of drug-likeness (QED) is 0.398. The topological polar surface area (TPSA) is 83.5 Å². The fourth-order valence-electron chi connectivity index (χ4n) is 0.948. The Morgan fingerprint density at radius 3 is 2.18 bits per heavy atom. The van der Waals surface area contributed by atoms with Crippen molar-refractivity contribution in [2.45, 2.75) is 11.8 Å². The second-order valence-electron chi connectivity index (χ2n) is 3.23. The summed E-state index contributed by atoms with van der Waals surface area (Å²) in [5.41, 5.74) is 0.777. The molecule has 5 nitrogen and oxygen atoms in total. The van der Waals surface area contributed by atoms with E-state index in [-0.39, 0.29) is 41.8 Å². The molecule has 1 amide bonds. The predicted molar refractivity (Wildman–Crippen MR) is 60.8 cm³/mol. The molecule has 0 atom stereocenters. The predicted octanol–water partition coefficient (Wildman–Crippen LogP) is -1.44. The van der Waals surface area contributed by atoms with Gasteiger partial charge in [-0.15, -0.1) is 0 Å². The van der Waals surface area contributed by atoms with Crippen LogP contribution in [0.1, 0.15) is 8.35 Å². The fraction of sp³-hybridized carbons (Fsp3) is 0.100. The Morgan fingerprint density at radius 2 is 1.82 bits per heavy atom. The fourth-order valence-corrected chi connectivity index (χ4v) is 1.43. The van der Waals surface area contributed by atoms with E-state index in [1.807, 2.05) is 0 Å². The maximum atomic E-state index is 11.2. The number of hydrogen-bond donors (Lipinski definition) is 2. The van der Waals surface area contributed by atoms with Gasteiger partial charge in [0.2, 0.25) is 0 Å². The van der Waals surface area contributed by atoms with Crippen molar-refractivity contribution < 1.29 is 48.7 Å². The average molecular weight is 265 g/mol. The van der Waals surface area contributed by atoms with Gasteiger partial charge >= 0.3 is 29.6 Å². The van der Waals surface area contributed by atoms with Crippen LogP contribution in [0.2, 0.25) is 0 Å². The van der Waals surface area contributed by atoms with Crippen LogP contribution >= 0.6 is 0 Å². The van der Waals surface area contributed by atoms with Crippen LogP contribution in [0.5, 0.6) is 0 Å². The van der Waals surface area contributed by atoms with Crippen LogP contribution in [0.4, 0.5) is 5.69 Å². The zero-order valence-electron chi connectivity index (χ0n) is 10.6. The Labute approximate surface area is 123 Å². The molecule has 0 saturated carbocycles. The molecule has 1 aromatic rings. The molecule has 2 N–H and O–H groups in total. The van der Waals surface area contributed by atoms with E-state index in [2.05, 4.69) is 11.9 Å². The van der Waals surface area contributed by atoms with Gasteiger partial charge in [0.1, 0.15) is 0 Å². The molecular formula is C10H12NNaO4S. The van der Waals surface area contributed by atoms with Crippen LogP contribution in [0.15, 0.2) is 41.3 Å². The summed E-state index contributed by atoms with van der Waals surface area (Å²) in [5, 5.41) is 2.51. The van der Waals surface area contributed by atoms with E-state index < -0.39 is 10.1 Å². The summed E-state index contributed by atoms with van der Waals surface area (Å²) in [4.78, 5) is 11.0. The molecule has 7 heteroatoms. The van der Waals surface area contributed by atoms with Gasteiger partial charge in [0, 0.05) is 11.3 Å². The van der Waals surface area contributed by atoms with Crippen LogP contribution in [0.25, 0.3) is 0 Å². The van der Waals surface area contributed by atoms with Crippen molar-refractivity contribution in [1.29, 1.82) is 0 Å². The molecule has 0 aliphatic rings. The van der Waals surface area contributed by atoms with Crippen molar-refractivity contribution >= 4 is 21.7 Å². The summed E-state index contributed by atoms with van der Waals surface area (Å²) in [6.07, 6.45) is 0. The summed E-state index contributed by atoms with van der Waals surface area (Å²) in [5.74, 6) is -0.348. The number of rotatable bonds is 3. The summed E-state index contributed by atoms with van der Waals surface area (Å²) < 4.78 is 30.2. The van der Waals surface area contributed by atoms with Crippen LogP contribution in [0.3, 0.4) is 0 Å². The van der Waals surface area contributed by atoms with E-state index in [4.69, 9.17) is 4.55 Å². The molecule has 1 rings (SSSR count). The van der Waals surface area contributed by atoms with Crippen molar-refractivity contribution in [3.63, 3.8) is 0 Å². The average Bonchev–Trinajstić information content (AvgIpc) is 2.17. The zero-order valence-corrected chi connectivity index (χ0v) is 12.4. The Kier molecular flexibility index (Phi) is 6.08. The molecule has 17 heavy (non-hydrogen) atoms. The van der Waals surface area contributed by atoms with Gasteiger partial charge in [-0.25, -0.2) is 0 Å². The Bertz CT molecular complexity index is 527. The molecule has 0 aliphatic heterocycles. The van der Waals surface area contributed by atoms with Crippen molar-refractivity contribution in [3.05, 3.63) is 36.4 Å². The molecule has 88 valence electrons. The molecule has 0 aliphatic carbocycles. The van der Waals surface area contributed by atoms with E-state index in [1.165, 1.54) is 24.3 Å². The van der Waals surface area contributed by atoms with Crippen molar-refractivity contribution in [3.8, 4) is 0 Å². The van der Waals surface area contributed by atoms with Gasteiger partial charge in [-0.2, -0.15) is 8.42 Å². The molecule has 0 spiro atoms. The second kappa shape index (κ2) is 6.32. The zero-order chi connectivity index (χ0) is 12.3. The van der Waals surface area contributed by atoms with Crippen LogP contribution < -0.4 is 34.9 Å². The number of carbonyl (C=O) groups excluding carboxylic acids is 1. The minimum absolute atomic E-state index is 0. The largest absolute Gasteiger partial charge is 1.00 e. The second-order valence-corrected chi connectivity index (χ2v) is 4.66. The van der Waals surface area contributed by atoms with Crippen molar-refractivity contribution in [1.82, 2.24) is 0 Å². The van der Waals surface area contributed by atoms with Crippen LogP contribution in [-0.2, 0) is 14.9 Å². The number of benzene rings is 1. The number of anilines is 1. The molecule has 0 heterocycles. The van der Waals surface area contributed by atoms with E-state index in [0.29, 0.717) is 11.3 Å². The first kappa shape index (κ1) is 16.3. The minimum atomic E-state index is -4.19. The van der Waals surface area contributed by atoms with Gasteiger partial charge in [0.25, 0.3) is 16.0 Å². The third-order valence-corrected chi connectivity index (χ3v) is 2.67. The maximum Gasteiger partial charge on any atom is 1.00 e. The van der Waals surface area contributed by atoms with Gasteiger partial charge in [-0.1, -0.05) is 6.58 Å². The number of hydrogen-bond acceptors (Lipinski definition) is 3. The van der Waals surface area contributed by atoms with Gasteiger partial charge in [-0.3, -0.25) is 9.35 Å². The molecule has 0 aromatic heterocycles. The van der Waals surface area contributed by atoms with Gasteiger partial charge in [0.05, 0.1) is 4.90 Å². The van der Waals surface area contributed by atoms with E-state index >= 15 is 0 Å². The Morgan fingerprint density at radius 1 is 1.35 bits per heavy atom. The molecular weight excluding hydrogens is 253 g/mol. The SMILES string of the molecule is C=C(C)C(=O)Nc1ccc(S(=O)(=O)O)cc1.[H-].[Na+].